The quantitative estimate of drug-likeness (QED) is 0.884. The third kappa shape index (κ3) is 3.33. The van der Waals surface area contributed by atoms with Gasteiger partial charge in [-0.05, 0) is 31.9 Å². The van der Waals surface area contributed by atoms with E-state index in [0.717, 1.165) is 25.9 Å². The van der Waals surface area contributed by atoms with Crippen molar-refractivity contribution in [2.24, 2.45) is 5.92 Å². The van der Waals surface area contributed by atoms with E-state index in [4.69, 9.17) is 0 Å². The van der Waals surface area contributed by atoms with Gasteiger partial charge in [-0.15, -0.1) is 0 Å². The number of rotatable bonds is 3. The van der Waals surface area contributed by atoms with Crippen molar-refractivity contribution in [3.8, 4) is 0 Å². The van der Waals surface area contributed by atoms with Gasteiger partial charge >= 0.3 is 0 Å². The molecule has 1 aromatic carbocycles. The van der Waals surface area contributed by atoms with Crippen molar-refractivity contribution in [1.29, 1.82) is 0 Å². The molecule has 1 aliphatic rings. The lowest BCUT2D eigenvalue weighted by Gasteiger charge is -2.27. The Kier molecular flexibility index (Phi) is 4.37. The van der Waals surface area contributed by atoms with Crippen LogP contribution in [-0.2, 0) is 11.3 Å². The molecule has 0 bridgehead atoms. The number of hydrogen-bond acceptors (Lipinski definition) is 2. The smallest absolute Gasteiger partial charge is 0.227 e. The topological polar surface area (TPSA) is 32.3 Å². The standard InChI is InChI=1S/C15H22N2O/c1-12-5-7-13(8-6-12)11-17(2)15(18)14-4-3-9-16-10-14/h5-8,14,16H,3-4,9-11H2,1-2H3/t14-/m1/s1. The number of carbonyl (C=O) groups excluding carboxylic acids is 1. The summed E-state index contributed by atoms with van der Waals surface area (Å²) in [6, 6.07) is 8.38. The minimum absolute atomic E-state index is 0.161. The summed E-state index contributed by atoms with van der Waals surface area (Å²) in [5, 5.41) is 3.29. The van der Waals surface area contributed by atoms with Crippen molar-refractivity contribution in [3.05, 3.63) is 35.4 Å². The fraction of sp³-hybridized carbons (Fsp3) is 0.533. The largest absolute Gasteiger partial charge is 0.341 e. The SMILES string of the molecule is Cc1ccc(CN(C)C(=O)[C@@H]2CCCNC2)cc1. The number of carbonyl (C=O) groups is 1. The van der Waals surface area contributed by atoms with Crippen molar-refractivity contribution >= 4 is 5.91 Å². The molecule has 1 fully saturated rings. The number of hydrogen-bond donors (Lipinski definition) is 1. The third-order valence-electron chi connectivity index (χ3n) is 3.56. The van der Waals surface area contributed by atoms with Crippen LogP contribution in [0.2, 0.25) is 0 Å². The lowest BCUT2D eigenvalue weighted by molar-refractivity contribution is -0.135. The summed E-state index contributed by atoms with van der Waals surface area (Å²) >= 11 is 0. The number of benzene rings is 1. The summed E-state index contributed by atoms with van der Waals surface area (Å²) in [7, 11) is 1.90. The monoisotopic (exact) mass is 246 g/mol. The predicted molar refractivity (Wildman–Crippen MR) is 73.2 cm³/mol. The van der Waals surface area contributed by atoms with Gasteiger partial charge in [-0.3, -0.25) is 4.79 Å². The minimum Gasteiger partial charge on any atom is -0.341 e. The van der Waals surface area contributed by atoms with Crippen LogP contribution in [0.15, 0.2) is 24.3 Å². The fourth-order valence-corrected chi connectivity index (χ4v) is 2.42. The maximum absolute atomic E-state index is 12.3. The number of nitrogens with zero attached hydrogens (tertiary/aromatic N) is 1. The number of nitrogens with one attached hydrogen (secondary N) is 1. The van der Waals surface area contributed by atoms with Crippen LogP contribution in [0.3, 0.4) is 0 Å². The maximum Gasteiger partial charge on any atom is 0.227 e. The van der Waals surface area contributed by atoms with Gasteiger partial charge in [0.15, 0.2) is 0 Å². The summed E-state index contributed by atoms with van der Waals surface area (Å²) < 4.78 is 0. The third-order valence-corrected chi connectivity index (χ3v) is 3.56. The first-order chi connectivity index (χ1) is 8.66. The first kappa shape index (κ1) is 13.1. The Bertz CT molecular complexity index is 393. The minimum atomic E-state index is 0.161. The molecule has 0 aliphatic carbocycles. The van der Waals surface area contributed by atoms with E-state index in [0.29, 0.717) is 6.54 Å². The Balaban J connectivity index is 1.92. The Morgan fingerprint density at radius 2 is 2.11 bits per heavy atom. The molecule has 3 nitrogen and oxygen atoms in total. The fourth-order valence-electron chi connectivity index (χ4n) is 2.42. The Hall–Kier alpha value is -1.35. The molecule has 98 valence electrons. The second kappa shape index (κ2) is 6.01. The average molecular weight is 246 g/mol. The molecule has 0 radical (unpaired) electrons. The van der Waals surface area contributed by atoms with Gasteiger partial charge in [-0.25, -0.2) is 0 Å². The molecule has 1 amide bonds. The molecule has 1 saturated heterocycles. The molecule has 2 rings (SSSR count). The Labute approximate surface area is 109 Å². The van der Waals surface area contributed by atoms with Crippen LogP contribution in [0.25, 0.3) is 0 Å². The summed E-state index contributed by atoms with van der Waals surface area (Å²) in [6.07, 6.45) is 2.12. The highest BCUT2D eigenvalue weighted by atomic mass is 16.2. The average Bonchev–Trinajstić information content (AvgIpc) is 2.41. The van der Waals surface area contributed by atoms with E-state index < -0.39 is 0 Å². The van der Waals surface area contributed by atoms with Gasteiger partial charge in [0.25, 0.3) is 0 Å². The van der Waals surface area contributed by atoms with E-state index in [-0.39, 0.29) is 11.8 Å². The maximum atomic E-state index is 12.3. The van der Waals surface area contributed by atoms with Crippen LogP contribution in [0.5, 0.6) is 0 Å². The Morgan fingerprint density at radius 1 is 1.39 bits per heavy atom. The first-order valence-electron chi connectivity index (χ1n) is 6.68. The van der Waals surface area contributed by atoms with Crippen LogP contribution < -0.4 is 5.32 Å². The molecule has 18 heavy (non-hydrogen) atoms. The molecule has 1 atom stereocenters. The van der Waals surface area contributed by atoms with E-state index in [1.165, 1.54) is 11.1 Å². The predicted octanol–water partition coefficient (Wildman–Crippen LogP) is 1.95. The zero-order chi connectivity index (χ0) is 13.0. The van der Waals surface area contributed by atoms with Gasteiger partial charge in [0.1, 0.15) is 0 Å². The van der Waals surface area contributed by atoms with E-state index in [1.54, 1.807) is 0 Å². The van der Waals surface area contributed by atoms with E-state index in [2.05, 4.69) is 36.5 Å². The van der Waals surface area contributed by atoms with E-state index in [1.807, 2.05) is 11.9 Å². The molecule has 0 spiro atoms. The molecule has 1 aliphatic heterocycles. The van der Waals surface area contributed by atoms with Crippen LogP contribution in [0.4, 0.5) is 0 Å². The molecular formula is C15H22N2O. The van der Waals surface area contributed by atoms with Gasteiger partial charge in [-0.1, -0.05) is 29.8 Å². The normalized spacial score (nSPS) is 19.6. The van der Waals surface area contributed by atoms with Gasteiger partial charge < -0.3 is 10.2 Å². The highest BCUT2D eigenvalue weighted by Crippen LogP contribution is 2.14. The molecule has 1 heterocycles. The summed E-state index contributed by atoms with van der Waals surface area (Å²) in [5.74, 6) is 0.428. The van der Waals surface area contributed by atoms with Crippen LogP contribution in [0, 0.1) is 12.8 Å². The molecular weight excluding hydrogens is 224 g/mol. The molecule has 1 N–H and O–H groups in total. The van der Waals surface area contributed by atoms with Crippen molar-refractivity contribution in [3.63, 3.8) is 0 Å². The second-order valence-corrected chi connectivity index (χ2v) is 5.22. The summed E-state index contributed by atoms with van der Waals surface area (Å²) in [6.45, 7) is 4.66. The van der Waals surface area contributed by atoms with E-state index >= 15 is 0 Å². The number of aryl methyl sites for hydroxylation is 1. The van der Waals surface area contributed by atoms with Crippen molar-refractivity contribution in [1.82, 2.24) is 10.2 Å². The first-order valence-corrected chi connectivity index (χ1v) is 6.68. The second-order valence-electron chi connectivity index (χ2n) is 5.22. The summed E-state index contributed by atoms with van der Waals surface area (Å²) in [4.78, 5) is 14.1. The molecule has 0 saturated carbocycles. The van der Waals surface area contributed by atoms with Crippen LogP contribution in [0.1, 0.15) is 24.0 Å². The zero-order valence-electron chi connectivity index (χ0n) is 11.3. The van der Waals surface area contributed by atoms with Crippen molar-refractivity contribution in [2.75, 3.05) is 20.1 Å². The lowest BCUT2D eigenvalue weighted by atomic mass is 9.98. The molecule has 0 unspecified atom stereocenters. The highest BCUT2D eigenvalue weighted by molar-refractivity contribution is 5.78. The molecule has 0 aromatic heterocycles. The number of piperidine rings is 1. The summed E-state index contributed by atoms with van der Waals surface area (Å²) in [5.41, 5.74) is 2.45. The van der Waals surface area contributed by atoms with Gasteiger partial charge in [0.2, 0.25) is 5.91 Å². The zero-order valence-corrected chi connectivity index (χ0v) is 11.3. The van der Waals surface area contributed by atoms with Gasteiger partial charge in [0.05, 0.1) is 5.92 Å². The van der Waals surface area contributed by atoms with Crippen LogP contribution >= 0.6 is 0 Å². The van der Waals surface area contributed by atoms with E-state index in [9.17, 15) is 4.79 Å². The highest BCUT2D eigenvalue weighted by Gasteiger charge is 2.23. The molecule has 3 heteroatoms. The lowest BCUT2D eigenvalue weighted by Crippen LogP contribution is -2.41. The van der Waals surface area contributed by atoms with Crippen molar-refractivity contribution in [2.45, 2.75) is 26.3 Å². The van der Waals surface area contributed by atoms with Crippen molar-refractivity contribution < 1.29 is 4.79 Å². The number of amides is 1. The van der Waals surface area contributed by atoms with Gasteiger partial charge in [-0.2, -0.15) is 0 Å². The Morgan fingerprint density at radius 3 is 2.72 bits per heavy atom. The van der Waals surface area contributed by atoms with Crippen LogP contribution in [-0.4, -0.2) is 30.9 Å². The van der Waals surface area contributed by atoms with Gasteiger partial charge in [0, 0.05) is 20.1 Å². The molecule has 1 aromatic rings.